The van der Waals surface area contributed by atoms with Gasteiger partial charge < -0.3 is 14.2 Å². The summed E-state index contributed by atoms with van der Waals surface area (Å²) in [5.41, 5.74) is 7.84. The Morgan fingerprint density at radius 3 is 1.10 bits per heavy atom. The van der Waals surface area contributed by atoms with E-state index in [2.05, 4.69) is 76.8 Å². The molecule has 0 atom stereocenters. The van der Waals surface area contributed by atoms with Crippen molar-refractivity contribution in [2.75, 3.05) is 19.8 Å². The number of aryl methyl sites for hydroxylation is 3. The quantitative estimate of drug-likeness (QED) is 0.0356. The summed E-state index contributed by atoms with van der Waals surface area (Å²) in [6, 6.07) is 0. The summed E-state index contributed by atoms with van der Waals surface area (Å²) >= 11 is 5.02. The Labute approximate surface area is 429 Å². The molecule has 6 rings (SSSR count). The Morgan fingerprint density at radius 2 is 0.725 bits per heavy atom. The van der Waals surface area contributed by atoms with Gasteiger partial charge in [-0.2, -0.15) is 0 Å². The molecule has 12 heteroatoms. The van der Waals surface area contributed by atoms with Crippen molar-refractivity contribution in [3.05, 3.63) is 49.4 Å². The summed E-state index contributed by atoms with van der Waals surface area (Å²) in [5.74, 6) is 2.14. The Hall–Kier alpha value is -3.48. The van der Waals surface area contributed by atoms with Gasteiger partial charge in [-0.1, -0.05) is 196 Å². The topological polar surface area (TPSA) is 105 Å². The lowest BCUT2D eigenvalue weighted by Crippen LogP contribution is -2.04. The van der Waals surface area contributed by atoms with Gasteiger partial charge in [-0.15, -0.1) is 34.0 Å². The first-order valence-electron chi connectivity index (χ1n) is 27.6. The molecule has 0 radical (unpaired) electrons. The van der Waals surface area contributed by atoms with Crippen LogP contribution in [-0.4, -0.2) is 49.7 Å². The smallest absolute Gasteiger partial charge is 0.236 e. The maximum atomic E-state index is 5.90. The van der Waals surface area contributed by atoms with Crippen molar-refractivity contribution in [3.63, 3.8) is 0 Å². The van der Waals surface area contributed by atoms with Crippen molar-refractivity contribution in [3.8, 4) is 17.6 Å². The average Bonchev–Trinajstić information content (AvgIpc) is 4.15. The van der Waals surface area contributed by atoms with Gasteiger partial charge in [0.25, 0.3) is 0 Å². The van der Waals surface area contributed by atoms with Crippen LogP contribution in [0.4, 0.5) is 0 Å². The van der Waals surface area contributed by atoms with Crippen molar-refractivity contribution in [2.45, 2.75) is 234 Å². The molecule has 0 saturated carbocycles. The first-order valence-corrected chi connectivity index (χ1v) is 30.4. The molecule has 0 fully saturated rings. The Balaban J connectivity index is 0.000000226. The average molecular weight is 1000 g/mol. The molecular weight excluding hydrogens is 913 g/mol. The van der Waals surface area contributed by atoms with E-state index in [1.807, 2.05) is 21.5 Å². The van der Waals surface area contributed by atoms with E-state index in [1.54, 1.807) is 40.2 Å². The van der Waals surface area contributed by atoms with Gasteiger partial charge in [0.1, 0.15) is 27.9 Å². The molecule has 0 amide bonds. The summed E-state index contributed by atoms with van der Waals surface area (Å²) in [5, 5.41) is 10.2. The molecule has 0 aromatic carbocycles. The van der Waals surface area contributed by atoms with Gasteiger partial charge in [0, 0.05) is 31.8 Å². The third kappa shape index (κ3) is 23.1. The number of hydrogen-bond acceptors (Lipinski definition) is 12. The standard InChI is InChI=1S/C20H32N2OS.C19H30N2OS.C18H28N2OS/c1-3-5-6-7-8-9-10-11-12-13-14-23-19-15-21-17-16-24-18(4-2)20(17)22-19;1-3-5-6-7-8-9-10-11-12-13-22-19-16(4-2)20-17-14-23-15-18(17)21-19;1-3-5-6-7-8-9-10-11-12-21-18-15(4-2)19-16-13-22-14-17(16)20-18/h15-16H,3-14H2,1-2H3;14-15H,3-13H2,1-2H3;13-14H,3-12H2,1-2H3. The number of ether oxygens (including phenoxy) is 3. The molecule has 9 nitrogen and oxygen atoms in total. The lowest BCUT2D eigenvalue weighted by atomic mass is 10.1. The van der Waals surface area contributed by atoms with E-state index in [0.717, 1.165) is 115 Å². The Bertz CT molecular complexity index is 2190. The second-order valence-corrected chi connectivity index (χ2v) is 20.9. The number of fused-ring (bicyclic) bond motifs is 3. The number of aromatic nitrogens is 6. The molecule has 0 aliphatic heterocycles. The molecule has 0 aliphatic rings. The molecule has 6 heterocycles. The van der Waals surface area contributed by atoms with Crippen LogP contribution in [0.1, 0.15) is 231 Å². The van der Waals surface area contributed by atoms with Gasteiger partial charge in [-0.3, -0.25) is 0 Å². The van der Waals surface area contributed by atoms with Crippen molar-refractivity contribution < 1.29 is 14.2 Å². The molecule has 0 bridgehead atoms. The molecule has 0 aliphatic carbocycles. The molecule has 0 N–H and O–H groups in total. The van der Waals surface area contributed by atoms with Crippen molar-refractivity contribution in [1.82, 2.24) is 29.9 Å². The summed E-state index contributed by atoms with van der Waals surface area (Å²) in [6.45, 7) is 15.4. The zero-order valence-electron chi connectivity index (χ0n) is 43.9. The van der Waals surface area contributed by atoms with E-state index in [1.165, 1.54) is 159 Å². The maximum Gasteiger partial charge on any atom is 0.236 e. The number of unbranched alkanes of at least 4 members (excludes halogenated alkanes) is 24. The molecule has 69 heavy (non-hydrogen) atoms. The second-order valence-electron chi connectivity index (χ2n) is 18.4. The highest BCUT2D eigenvalue weighted by molar-refractivity contribution is 7.11. The zero-order chi connectivity index (χ0) is 49.0. The number of rotatable bonds is 36. The van der Waals surface area contributed by atoms with Crippen LogP contribution < -0.4 is 14.2 Å². The predicted octanol–water partition coefficient (Wildman–Crippen LogP) is 18.5. The molecule has 0 saturated heterocycles. The van der Waals surface area contributed by atoms with Crippen LogP contribution in [0.15, 0.2) is 33.1 Å². The second kappa shape index (κ2) is 37.3. The van der Waals surface area contributed by atoms with Crippen LogP contribution in [0, 0.1) is 0 Å². The minimum absolute atomic E-state index is 0.673. The van der Waals surface area contributed by atoms with E-state index in [0.29, 0.717) is 5.88 Å². The highest BCUT2D eigenvalue weighted by Crippen LogP contribution is 2.26. The van der Waals surface area contributed by atoms with Crippen LogP contribution in [0.2, 0.25) is 0 Å². The summed E-state index contributed by atoms with van der Waals surface area (Å²) in [4.78, 5) is 28.8. The summed E-state index contributed by atoms with van der Waals surface area (Å²) in [6.07, 6.45) is 40.4. The third-order valence-electron chi connectivity index (χ3n) is 12.5. The fourth-order valence-electron chi connectivity index (χ4n) is 8.26. The Kier molecular flexibility index (Phi) is 31.4. The molecule has 0 spiro atoms. The van der Waals surface area contributed by atoms with Gasteiger partial charge in [-0.25, -0.2) is 29.9 Å². The van der Waals surface area contributed by atoms with Crippen LogP contribution >= 0.6 is 34.0 Å². The van der Waals surface area contributed by atoms with E-state index < -0.39 is 0 Å². The van der Waals surface area contributed by atoms with Crippen molar-refractivity contribution in [2.24, 2.45) is 0 Å². The van der Waals surface area contributed by atoms with Crippen molar-refractivity contribution >= 4 is 67.1 Å². The molecule has 6 aromatic heterocycles. The Morgan fingerprint density at radius 1 is 0.362 bits per heavy atom. The van der Waals surface area contributed by atoms with Gasteiger partial charge in [-0.05, 0) is 38.5 Å². The largest absolute Gasteiger partial charge is 0.477 e. The molecular formula is C57H90N6O3S3. The van der Waals surface area contributed by atoms with E-state index in [9.17, 15) is 0 Å². The highest BCUT2D eigenvalue weighted by Gasteiger charge is 2.11. The zero-order valence-corrected chi connectivity index (χ0v) is 46.4. The van der Waals surface area contributed by atoms with Crippen LogP contribution in [-0.2, 0) is 19.3 Å². The molecule has 384 valence electrons. The SMILES string of the molecule is CCCCCCCCCCCCOc1cnc2csc(CC)c2n1.CCCCCCCCCCCOc1nc2cscc2nc1CC.CCCCCCCCCCOc1nc2cscc2nc1CC. The number of hydrogen-bond donors (Lipinski definition) is 0. The van der Waals surface area contributed by atoms with Crippen LogP contribution in [0.3, 0.4) is 0 Å². The third-order valence-corrected chi connectivity index (χ3v) is 15.1. The first kappa shape index (κ1) is 58.1. The monoisotopic (exact) mass is 1000 g/mol. The summed E-state index contributed by atoms with van der Waals surface area (Å²) in [7, 11) is 0. The lowest BCUT2D eigenvalue weighted by Gasteiger charge is -2.09. The van der Waals surface area contributed by atoms with Crippen LogP contribution in [0.25, 0.3) is 33.1 Å². The van der Waals surface area contributed by atoms with Crippen LogP contribution in [0.5, 0.6) is 17.6 Å². The van der Waals surface area contributed by atoms with E-state index >= 15 is 0 Å². The predicted molar refractivity (Wildman–Crippen MR) is 299 cm³/mol. The van der Waals surface area contributed by atoms with E-state index in [4.69, 9.17) is 14.2 Å². The summed E-state index contributed by atoms with van der Waals surface area (Å²) < 4.78 is 17.6. The highest BCUT2D eigenvalue weighted by atomic mass is 32.1. The molecule has 6 aromatic rings. The molecule has 0 unspecified atom stereocenters. The van der Waals surface area contributed by atoms with Gasteiger partial charge in [0.2, 0.25) is 17.6 Å². The fourth-order valence-corrected chi connectivity index (χ4v) is 10.5. The van der Waals surface area contributed by atoms with Gasteiger partial charge in [0.05, 0.1) is 42.6 Å². The van der Waals surface area contributed by atoms with Gasteiger partial charge in [0.15, 0.2) is 0 Å². The first-order chi connectivity index (χ1) is 34.0. The minimum Gasteiger partial charge on any atom is -0.477 e. The maximum absolute atomic E-state index is 5.90. The number of nitrogens with zero attached hydrogens (tertiary/aromatic N) is 6. The van der Waals surface area contributed by atoms with Gasteiger partial charge >= 0.3 is 0 Å². The normalized spacial score (nSPS) is 11.2. The number of thiophene rings is 3. The minimum atomic E-state index is 0.673. The van der Waals surface area contributed by atoms with E-state index in [-0.39, 0.29) is 0 Å². The fraction of sp³-hybridized carbons (Fsp3) is 0.684. The van der Waals surface area contributed by atoms with Crippen molar-refractivity contribution in [1.29, 1.82) is 0 Å². The lowest BCUT2D eigenvalue weighted by molar-refractivity contribution is 0.289.